The predicted octanol–water partition coefficient (Wildman–Crippen LogP) is 4.18. The molecule has 5 heteroatoms. The Morgan fingerprint density at radius 2 is 1.55 bits per heavy atom. The zero-order valence-corrected chi connectivity index (χ0v) is 17.6. The summed E-state index contributed by atoms with van der Waals surface area (Å²) < 4.78 is 0. The van der Waals surface area contributed by atoms with Crippen LogP contribution in [-0.2, 0) is 16.8 Å². The van der Waals surface area contributed by atoms with Crippen LogP contribution in [0.4, 0.5) is 4.79 Å². The van der Waals surface area contributed by atoms with Gasteiger partial charge in [-0.1, -0.05) is 78.4 Å². The number of hydrogen-bond acceptors (Lipinski definition) is 3. The van der Waals surface area contributed by atoms with Gasteiger partial charge in [0.1, 0.15) is 0 Å². The maximum atomic E-state index is 13.7. The first-order chi connectivity index (χ1) is 14.9. The molecule has 0 aromatic heterocycles. The van der Waals surface area contributed by atoms with Crippen LogP contribution in [0.15, 0.2) is 78.9 Å². The van der Waals surface area contributed by atoms with Crippen molar-refractivity contribution >= 4 is 17.7 Å². The summed E-state index contributed by atoms with van der Waals surface area (Å²) in [6.45, 7) is 3.46. The maximum Gasteiger partial charge on any atom is 0.325 e. The zero-order chi connectivity index (χ0) is 22.0. The van der Waals surface area contributed by atoms with Crippen molar-refractivity contribution in [3.05, 3.63) is 107 Å². The number of nitrogens with one attached hydrogen (secondary N) is 1. The minimum absolute atomic E-state index is 0.256. The first-order valence-corrected chi connectivity index (χ1v) is 10.2. The molecule has 0 bridgehead atoms. The van der Waals surface area contributed by atoms with Crippen molar-refractivity contribution in [2.45, 2.75) is 25.8 Å². The van der Waals surface area contributed by atoms with Crippen molar-refractivity contribution in [1.29, 1.82) is 0 Å². The molecule has 1 atom stereocenters. The van der Waals surface area contributed by atoms with Crippen LogP contribution in [0.1, 0.15) is 32.6 Å². The molecule has 3 aromatic carbocycles. The second-order valence-corrected chi connectivity index (χ2v) is 8.00. The van der Waals surface area contributed by atoms with E-state index in [-0.39, 0.29) is 12.3 Å². The molecule has 1 heterocycles. The third kappa shape index (κ3) is 3.87. The fourth-order valence-electron chi connectivity index (χ4n) is 4.08. The summed E-state index contributed by atoms with van der Waals surface area (Å²) in [5, 5.41) is 2.90. The molecule has 4 rings (SSSR count). The number of amides is 3. The van der Waals surface area contributed by atoms with Crippen LogP contribution in [-0.4, -0.2) is 29.2 Å². The highest BCUT2D eigenvalue weighted by atomic mass is 16.2. The second-order valence-electron chi connectivity index (χ2n) is 8.00. The predicted molar refractivity (Wildman–Crippen MR) is 119 cm³/mol. The largest absolute Gasteiger partial charge is 0.325 e. The number of aryl methyl sites for hydroxylation is 2. The molecule has 0 radical (unpaired) electrons. The van der Waals surface area contributed by atoms with E-state index < -0.39 is 17.5 Å². The van der Waals surface area contributed by atoms with E-state index in [2.05, 4.69) is 5.32 Å². The van der Waals surface area contributed by atoms with Gasteiger partial charge in [0.05, 0.1) is 6.54 Å². The molecule has 31 heavy (non-hydrogen) atoms. The molecule has 1 fully saturated rings. The van der Waals surface area contributed by atoms with Crippen LogP contribution in [0.5, 0.6) is 0 Å². The van der Waals surface area contributed by atoms with Gasteiger partial charge in [0, 0.05) is 12.0 Å². The molecule has 1 aliphatic rings. The maximum absolute atomic E-state index is 13.7. The number of carbonyl (C=O) groups excluding carboxylic acids is 3. The van der Waals surface area contributed by atoms with Crippen molar-refractivity contribution in [3.63, 3.8) is 0 Å². The van der Waals surface area contributed by atoms with E-state index in [1.165, 1.54) is 0 Å². The molecule has 156 valence electrons. The minimum Gasteiger partial charge on any atom is -0.319 e. The summed E-state index contributed by atoms with van der Waals surface area (Å²) in [5.41, 5.74) is 2.67. The Labute approximate surface area is 181 Å². The molecule has 3 amide bonds. The molecule has 0 saturated carbocycles. The lowest BCUT2D eigenvalue weighted by atomic mass is 9.83. The smallest absolute Gasteiger partial charge is 0.319 e. The highest BCUT2D eigenvalue weighted by molar-refractivity contribution is 6.11. The van der Waals surface area contributed by atoms with Crippen molar-refractivity contribution in [2.24, 2.45) is 0 Å². The second kappa shape index (κ2) is 8.19. The molecule has 1 aliphatic heterocycles. The number of rotatable bonds is 6. The van der Waals surface area contributed by atoms with Crippen molar-refractivity contribution in [1.82, 2.24) is 10.2 Å². The van der Waals surface area contributed by atoms with Crippen LogP contribution >= 0.6 is 0 Å². The number of hydrogen-bond donors (Lipinski definition) is 1. The average Bonchev–Trinajstić information content (AvgIpc) is 3.01. The third-order valence-electron chi connectivity index (χ3n) is 5.75. The van der Waals surface area contributed by atoms with Crippen LogP contribution in [0, 0.1) is 13.8 Å². The average molecular weight is 412 g/mol. The van der Waals surface area contributed by atoms with Gasteiger partial charge in [0.15, 0.2) is 11.3 Å². The number of nitrogens with zero attached hydrogens (tertiary/aromatic N) is 1. The SMILES string of the molecule is Cc1ccc(C)c(C(=O)CN2C(=O)N[C@@](Cc3ccccc3)(c3ccccc3)C2=O)c1. The Balaban J connectivity index is 1.69. The lowest BCUT2D eigenvalue weighted by molar-refractivity contribution is -0.131. The quantitative estimate of drug-likeness (QED) is 0.488. The summed E-state index contributed by atoms with van der Waals surface area (Å²) in [7, 11) is 0. The Morgan fingerprint density at radius 3 is 2.23 bits per heavy atom. The summed E-state index contributed by atoms with van der Waals surface area (Å²) in [4.78, 5) is 40.6. The standard InChI is InChI=1S/C26H24N2O3/c1-18-13-14-19(2)22(15-18)23(29)17-28-24(30)26(27-25(28)31,21-11-7-4-8-12-21)16-20-9-5-3-6-10-20/h3-15H,16-17H2,1-2H3,(H,27,31)/t26-/m0/s1. The highest BCUT2D eigenvalue weighted by Crippen LogP contribution is 2.33. The van der Waals surface area contributed by atoms with E-state index in [9.17, 15) is 14.4 Å². The van der Waals surface area contributed by atoms with Gasteiger partial charge in [-0.15, -0.1) is 0 Å². The lowest BCUT2D eigenvalue weighted by Crippen LogP contribution is -2.46. The van der Waals surface area contributed by atoms with Gasteiger partial charge in [-0.05, 0) is 36.6 Å². The first-order valence-electron chi connectivity index (χ1n) is 10.2. The van der Waals surface area contributed by atoms with Gasteiger partial charge < -0.3 is 5.32 Å². The molecule has 3 aromatic rings. The Morgan fingerprint density at radius 1 is 0.903 bits per heavy atom. The molecule has 0 unspecified atom stereocenters. The van der Waals surface area contributed by atoms with Gasteiger partial charge in [-0.2, -0.15) is 0 Å². The summed E-state index contributed by atoms with van der Waals surface area (Å²) in [6.07, 6.45) is 0.302. The topological polar surface area (TPSA) is 66.5 Å². The van der Waals surface area contributed by atoms with Crippen LogP contribution in [0.3, 0.4) is 0 Å². The number of urea groups is 1. The summed E-state index contributed by atoms with van der Waals surface area (Å²) in [6, 6.07) is 23.8. The number of ketones is 1. The van der Waals surface area contributed by atoms with Crippen molar-refractivity contribution in [2.75, 3.05) is 6.54 Å². The monoisotopic (exact) mass is 412 g/mol. The Bertz CT molecular complexity index is 1140. The van der Waals surface area contributed by atoms with E-state index in [1.54, 1.807) is 6.07 Å². The van der Waals surface area contributed by atoms with E-state index in [0.717, 1.165) is 21.6 Å². The van der Waals surface area contributed by atoms with Crippen LogP contribution < -0.4 is 5.32 Å². The van der Waals surface area contributed by atoms with Crippen LogP contribution in [0.2, 0.25) is 0 Å². The minimum atomic E-state index is -1.25. The van der Waals surface area contributed by atoms with Crippen LogP contribution in [0.25, 0.3) is 0 Å². The number of imide groups is 1. The van der Waals surface area contributed by atoms with Gasteiger partial charge >= 0.3 is 6.03 Å². The van der Waals surface area contributed by atoms with Gasteiger partial charge in [-0.3, -0.25) is 14.5 Å². The summed E-state index contributed by atoms with van der Waals surface area (Å²) in [5.74, 6) is -0.667. The Hall–Kier alpha value is -3.73. The normalized spacial score (nSPS) is 18.2. The fourth-order valence-corrected chi connectivity index (χ4v) is 4.08. The zero-order valence-electron chi connectivity index (χ0n) is 17.6. The number of benzene rings is 3. The van der Waals surface area contributed by atoms with Crippen molar-refractivity contribution < 1.29 is 14.4 Å². The lowest BCUT2D eigenvalue weighted by Gasteiger charge is -2.27. The van der Waals surface area contributed by atoms with E-state index >= 15 is 0 Å². The fraction of sp³-hybridized carbons (Fsp3) is 0.192. The molecular weight excluding hydrogens is 388 g/mol. The molecule has 0 aliphatic carbocycles. The molecule has 5 nitrogen and oxygen atoms in total. The van der Waals surface area contributed by atoms with E-state index in [0.29, 0.717) is 17.5 Å². The van der Waals surface area contributed by atoms with Gasteiger partial charge in [0.2, 0.25) is 0 Å². The first kappa shape index (κ1) is 20.5. The molecular formula is C26H24N2O3. The molecule has 0 spiro atoms. The summed E-state index contributed by atoms with van der Waals surface area (Å²) >= 11 is 0. The van der Waals surface area contributed by atoms with E-state index in [4.69, 9.17) is 0 Å². The van der Waals surface area contributed by atoms with Crippen molar-refractivity contribution in [3.8, 4) is 0 Å². The van der Waals surface area contributed by atoms with Gasteiger partial charge in [-0.25, -0.2) is 4.79 Å². The van der Waals surface area contributed by atoms with E-state index in [1.807, 2.05) is 86.6 Å². The van der Waals surface area contributed by atoms with Gasteiger partial charge in [0.25, 0.3) is 5.91 Å². The highest BCUT2D eigenvalue weighted by Gasteiger charge is 2.52. The number of Topliss-reactive ketones (excluding diaryl/α,β-unsaturated/α-hetero) is 1. The third-order valence-corrected chi connectivity index (χ3v) is 5.75. The molecule has 1 saturated heterocycles. The Kier molecular flexibility index (Phi) is 5.42. The number of carbonyl (C=O) groups is 3. The molecule has 1 N–H and O–H groups in total.